The van der Waals surface area contributed by atoms with Crippen molar-refractivity contribution in [3.63, 3.8) is 0 Å². The summed E-state index contributed by atoms with van der Waals surface area (Å²) in [6, 6.07) is 0. The summed E-state index contributed by atoms with van der Waals surface area (Å²) in [7, 11) is 0.913. The summed E-state index contributed by atoms with van der Waals surface area (Å²) in [4.78, 5) is 0. The molecule has 2 nitrogen and oxygen atoms in total. The van der Waals surface area contributed by atoms with Crippen molar-refractivity contribution in [2.75, 3.05) is 0 Å². The number of hydrogen-bond acceptors (Lipinski definition) is 2. The van der Waals surface area contributed by atoms with Crippen LogP contribution in [0.5, 0.6) is 0 Å². The van der Waals surface area contributed by atoms with Crippen LogP contribution in [-0.2, 0) is 9.47 Å². The minimum atomic E-state index is 0.296. The normalized spacial score (nSPS) is 16.8. The van der Waals surface area contributed by atoms with Crippen LogP contribution in [0.15, 0.2) is 11.6 Å². The molecule has 0 aliphatic rings. The SMILES string of the molecule is CCC(C)OC=C([SiH3])OC(C)CC. The van der Waals surface area contributed by atoms with Crippen LogP contribution in [0.4, 0.5) is 0 Å². The molecule has 0 amide bonds. The third kappa shape index (κ3) is 6.69. The topological polar surface area (TPSA) is 18.5 Å². The molecule has 13 heavy (non-hydrogen) atoms. The first kappa shape index (κ1) is 12.6. The van der Waals surface area contributed by atoms with Crippen molar-refractivity contribution in [2.45, 2.75) is 52.7 Å². The maximum Gasteiger partial charge on any atom is 0.115 e. The van der Waals surface area contributed by atoms with Gasteiger partial charge in [-0.3, -0.25) is 0 Å². The highest BCUT2D eigenvalue weighted by atomic mass is 28.1. The van der Waals surface area contributed by atoms with E-state index >= 15 is 0 Å². The Morgan fingerprint density at radius 2 is 1.77 bits per heavy atom. The molecular formula is C10H22O2Si. The van der Waals surface area contributed by atoms with E-state index in [2.05, 4.69) is 27.7 Å². The van der Waals surface area contributed by atoms with E-state index in [1.54, 1.807) is 6.26 Å². The molecule has 3 heteroatoms. The van der Waals surface area contributed by atoms with Crippen molar-refractivity contribution in [1.29, 1.82) is 0 Å². The first-order valence-electron chi connectivity index (χ1n) is 5.09. The third-order valence-electron chi connectivity index (χ3n) is 2.00. The van der Waals surface area contributed by atoms with Crippen LogP contribution in [0.2, 0.25) is 0 Å². The maximum atomic E-state index is 5.59. The summed E-state index contributed by atoms with van der Waals surface area (Å²) in [5.74, 6) is 0. The fourth-order valence-corrected chi connectivity index (χ4v) is 1.28. The van der Waals surface area contributed by atoms with Gasteiger partial charge in [0.2, 0.25) is 0 Å². The molecule has 0 fully saturated rings. The Morgan fingerprint density at radius 1 is 1.23 bits per heavy atom. The Kier molecular flexibility index (Phi) is 6.77. The summed E-state index contributed by atoms with van der Waals surface area (Å²) in [6.45, 7) is 8.37. The summed E-state index contributed by atoms with van der Waals surface area (Å²) < 4.78 is 11.0. The maximum absolute atomic E-state index is 5.59. The molecule has 0 aliphatic heterocycles. The molecular weight excluding hydrogens is 180 g/mol. The third-order valence-corrected chi connectivity index (χ3v) is 2.47. The predicted octanol–water partition coefficient (Wildman–Crippen LogP) is 1.78. The summed E-state index contributed by atoms with van der Waals surface area (Å²) in [5, 5.41) is 0.995. The predicted molar refractivity (Wildman–Crippen MR) is 59.7 cm³/mol. The Balaban J connectivity index is 3.74. The van der Waals surface area contributed by atoms with Gasteiger partial charge < -0.3 is 9.47 Å². The smallest absolute Gasteiger partial charge is 0.115 e. The minimum Gasteiger partial charge on any atom is -0.498 e. The lowest BCUT2D eigenvalue weighted by Crippen LogP contribution is -2.08. The van der Waals surface area contributed by atoms with E-state index in [9.17, 15) is 0 Å². The monoisotopic (exact) mass is 202 g/mol. The largest absolute Gasteiger partial charge is 0.498 e. The van der Waals surface area contributed by atoms with Crippen molar-refractivity contribution in [3.05, 3.63) is 11.6 Å². The molecule has 0 saturated carbocycles. The molecule has 0 heterocycles. The zero-order valence-electron chi connectivity index (χ0n) is 9.46. The average molecular weight is 202 g/mol. The van der Waals surface area contributed by atoms with Gasteiger partial charge in [-0.15, -0.1) is 0 Å². The first-order valence-corrected chi connectivity index (χ1v) is 6.09. The lowest BCUT2D eigenvalue weighted by Gasteiger charge is -2.14. The van der Waals surface area contributed by atoms with Gasteiger partial charge in [-0.2, -0.15) is 0 Å². The van der Waals surface area contributed by atoms with Gasteiger partial charge in [-0.1, -0.05) is 13.8 Å². The zero-order valence-corrected chi connectivity index (χ0v) is 11.5. The molecule has 0 N–H and O–H groups in total. The molecule has 0 aromatic heterocycles. The van der Waals surface area contributed by atoms with Gasteiger partial charge >= 0.3 is 0 Å². The van der Waals surface area contributed by atoms with Crippen LogP contribution in [0.1, 0.15) is 40.5 Å². The van der Waals surface area contributed by atoms with Gasteiger partial charge in [0.05, 0.1) is 27.8 Å². The Hall–Kier alpha value is -0.443. The molecule has 0 bridgehead atoms. The van der Waals surface area contributed by atoms with E-state index in [0.717, 1.165) is 28.5 Å². The van der Waals surface area contributed by atoms with E-state index in [1.807, 2.05) is 0 Å². The highest BCUT2D eigenvalue weighted by Crippen LogP contribution is 2.04. The lowest BCUT2D eigenvalue weighted by molar-refractivity contribution is 0.111. The van der Waals surface area contributed by atoms with Crippen molar-refractivity contribution < 1.29 is 9.47 Å². The fourth-order valence-electron chi connectivity index (χ4n) is 0.737. The van der Waals surface area contributed by atoms with E-state index in [-0.39, 0.29) is 0 Å². The molecule has 0 radical (unpaired) electrons. The van der Waals surface area contributed by atoms with Crippen LogP contribution in [0.3, 0.4) is 0 Å². The van der Waals surface area contributed by atoms with E-state index in [0.29, 0.717) is 12.2 Å². The van der Waals surface area contributed by atoms with Gasteiger partial charge in [0.25, 0.3) is 0 Å². The highest BCUT2D eigenvalue weighted by Gasteiger charge is 2.00. The molecule has 0 aromatic carbocycles. The van der Waals surface area contributed by atoms with Gasteiger partial charge in [0.1, 0.15) is 6.26 Å². The summed E-state index contributed by atoms with van der Waals surface area (Å²) >= 11 is 0. The van der Waals surface area contributed by atoms with Crippen LogP contribution in [0.25, 0.3) is 0 Å². The van der Waals surface area contributed by atoms with Crippen LogP contribution < -0.4 is 0 Å². The molecule has 0 spiro atoms. The van der Waals surface area contributed by atoms with Crippen LogP contribution in [0, 0.1) is 0 Å². The lowest BCUT2D eigenvalue weighted by atomic mass is 10.3. The van der Waals surface area contributed by atoms with Crippen LogP contribution in [-0.4, -0.2) is 22.5 Å². The van der Waals surface area contributed by atoms with Crippen LogP contribution >= 0.6 is 0 Å². The second kappa shape index (κ2) is 7.01. The molecule has 0 rings (SSSR count). The quantitative estimate of drug-likeness (QED) is 0.483. The van der Waals surface area contributed by atoms with Gasteiger partial charge in [-0.05, 0) is 26.7 Å². The minimum absolute atomic E-state index is 0.296. The second-order valence-corrected chi connectivity index (χ2v) is 4.41. The standard InChI is InChI=1S/C10H22O2Si/c1-5-8(3)11-7-10(13)12-9(4)6-2/h7-9H,5-6H2,1-4,13H3. The van der Waals surface area contributed by atoms with Crippen molar-refractivity contribution in [2.24, 2.45) is 0 Å². The molecule has 0 saturated heterocycles. The van der Waals surface area contributed by atoms with Crippen molar-refractivity contribution >= 4 is 10.2 Å². The molecule has 78 valence electrons. The second-order valence-electron chi connectivity index (χ2n) is 3.42. The Morgan fingerprint density at radius 3 is 2.23 bits per heavy atom. The molecule has 2 atom stereocenters. The zero-order chi connectivity index (χ0) is 10.3. The summed E-state index contributed by atoms with van der Waals surface area (Å²) in [5.41, 5.74) is 0. The summed E-state index contributed by atoms with van der Waals surface area (Å²) in [6.07, 6.45) is 4.46. The highest BCUT2D eigenvalue weighted by molar-refractivity contribution is 6.20. The Labute approximate surface area is 84.7 Å². The first-order chi connectivity index (χ1) is 6.10. The van der Waals surface area contributed by atoms with E-state index in [4.69, 9.17) is 9.47 Å². The fraction of sp³-hybridized carbons (Fsp3) is 0.800. The van der Waals surface area contributed by atoms with Gasteiger partial charge in [0.15, 0.2) is 0 Å². The van der Waals surface area contributed by atoms with Gasteiger partial charge in [0, 0.05) is 0 Å². The van der Waals surface area contributed by atoms with Crippen molar-refractivity contribution in [1.82, 2.24) is 0 Å². The average Bonchev–Trinajstić information content (AvgIpc) is 2.13. The van der Waals surface area contributed by atoms with E-state index in [1.165, 1.54) is 0 Å². The van der Waals surface area contributed by atoms with Crippen molar-refractivity contribution in [3.8, 4) is 0 Å². The van der Waals surface area contributed by atoms with E-state index < -0.39 is 0 Å². The number of ether oxygens (including phenoxy) is 2. The number of hydrogen-bond donors (Lipinski definition) is 0. The molecule has 0 aromatic rings. The molecule has 0 aliphatic carbocycles. The molecule has 2 unspecified atom stereocenters. The number of rotatable bonds is 6. The van der Waals surface area contributed by atoms with Gasteiger partial charge in [-0.25, -0.2) is 0 Å². The Bertz CT molecular complexity index is 157.